The highest BCUT2D eigenvalue weighted by Gasteiger charge is 2.31. The van der Waals surface area contributed by atoms with E-state index in [9.17, 15) is 9.59 Å². The van der Waals surface area contributed by atoms with Crippen molar-refractivity contribution in [3.05, 3.63) is 35.1 Å². The van der Waals surface area contributed by atoms with E-state index in [-0.39, 0.29) is 23.4 Å². The third-order valence-electron chi connectivity index (χ3n) is 3.39. The number of nitrogens with one attached hydrogen (secondary N) is 3. The van der Waals surface area contributed by atoms with Crippen molar-refractivity contribution >= 4 is 17.9 Å². The first kappa shape index (κ1) is 16.0. The second kappa shape index (κ2) is 6.60. The fourth-order valence-corrected chi connectivity index (χ4v) is 2.13. The number of carbonyl (C=O) groups excluding carboxylic acids is 2. The summed E-state index contributed by atoms with van der Waals surface area (Å²) >= 11 is 0. The average molecular weight is 302 g/mol. The van der Waals surface area contributed by atoms with E-state index in [1.165, 1.54) is 5.57 Å². The van der Waals surface area contributed by atoms with Crippen LogP contribution in [0.15, 0.2) is 23.5 Å². The van der Waals surface area contributed by atoms with Crippen LogP contribution in [0.1, 0.15) is 39.2 Å². The van der Waals surface area contributed by atoms with E-state index < -0.39 is 6.04 Å². The van der Waals surface area contributed by atoms with Gasteiger partial charge in [0.1, 0.15) is 17.6 Å². The number of amides is 2. The lowest BCUT2D eigenvalue weighted by Crippen LogP contribution is -2.56. The summed E-state index contributed by atoms with van der Waals surface area (Å²) in [5.74, 6) is 0.396. The molecule has 0 aliphatic carbocycles. The minimum absolute atomic E-state index is 0.0494. The van der Waals surface area contributed by atoms with Gasteiger partial charge in [0.05, 0.1) is 11.9 Å². The molecule has 3 N–H and O–H groups in total. The van der Waals surface area contributed by atoms with Crippen LogP contribution >= 0.6 is 0 Å². The van der Waals surface area contributed by atoms with E-state index in [1.807, 2.05) is 27.7 Å². The highest BCUT2D eigenvalue weighted by molar-refractivity contribution is 6.07. The third-order valence-corrected chi connectivity index (χ3v) is 3.39. The molecule has 6 nitrogen and oxygen atoms in total. The molecule has 22 heavy (non-hydrogen) atoms. The summed E-state index contributed by atoms with van der Waals surface area (Å²) in [5.41, 5.74) is 2.14. The summed E-state index contributed by atoms with van der Waals surface area (Å²) in [6, 6.07) is -0.486. The zero-order chi connectivity index (χ0) is 16.3. The van der Waals surface area contributed by atoms with E-state index in [0.717, 1.165) is 5.82 Å². The van der Waals surface area contributed by atoms with Crippen molar-refractivity contribution in [2.45, 2.75) is 40.2 Å². The molecule has 1 aliphatic rings. The van der Waals surface area contributed by atoms with Gasteiger partial charge < -0.3 is 15.6 Å². The predicted molar refractivity (Wildman–Crippen MR) is 84.6 cm³/mol. The lowest BCUT2D eigenvalue weighted by molar-refractivity contribution is -0.132. The minimum Gasteiger partial charge on any atom is -0.342 e. The summed E-state index contributed by atoms with van der Waals surface area (Å²) < 4.78 is 0. The van der Waals surface area contributed by atoms with Crippen molar-refractivity contribution in [1.82, 2.24) is 20.6 Å². The smallest absolute Gasteiger partial charge is 0.268 e. The minimum atomic E-state index is -0.486. The topological polar surface area (TPSA) is 86.9 Å². The second-order valence-electron chi connectivity index (χ2n) is 6.01. The molecule has 1 aromatic heterocycles. The van der Waals surface area contributed by atoms with Gasteiger partial charge in [-0.1, -0.05) is 25.5 Å². The Morgan fingerprint density at radius 2 is 2.09 bits per heavy atom. The van der Waals surface area contributed by atoms with Crippen LogP contribution in [-0.4, -0.2) is 27.8 Å². The number of hydrogen-bond donors (Lipinski definition) is 3. The molecule has 118 valence electrons. The zero-order valence-corrected chi connectivity index (χ0v) is 13.4. The number of hydrogen-bond acceptors (Lipinski definition) is 3. The number of carbonyl (C=O) groups is 2. The molecule has 0 unspecified atom stereocenters. The van der Waals surface area contributed by atoms with Crippen LogP contribution in [0.2, 0.25) is 0 Å². The first-order valence-corrected chi connectivity index (χ1v) is 7.37. The van der Waals surface area contributed by atoms with Crippen molar-refractivity contribution in [3.63, 3.8) is 0 Å². The third kappa shape index (κ3) is 3.84. The van der Waals surface area contributed by atoms with Crippen molar-refractivity contribution < 1.29 is 9.59 Å². The molecule has 2 heterocycles. The zero-order valence-electron chi connectivity index (χ0n) is 13.4. The summed E-state index contributed by atoms with van der Waals surface area (Å²) in [6.07, 6.45) is 6.02. The SMILES string of the molecule is CC(C)=CCc1ncc(C=C2NC(=O)[C@H](C(C)C)NC2=O)[nH]1. The molecule has 0 saturated carbocycles. The maximum absolute atomic E-state index is 12.0. The Bertz CT molecular complexity index is 636. The van der Waals surface area contributed by atoms with Crippen LogP contribution in [0.4, 0.5) is 0 Å². The van der Waals surface area contributed by atoms with Gasteiger partial charge in [0, 0.05) is 6.42 Å². The van der Waals surface area contributed by atoms with Gasteiger partial charge in [-0.15, -0.1) is 0 Å². The second-order valence-corrected chi connectivity index (χ2v) is 6.01. The molecule has 1 aliphatic heterocycles. The number of aromatic amines is 1. The van der Waals surface area contributed by atoms with Crippen molar-refractivity contribution in [3.8, 4) is 0 Å². The molecule has 0 aromatic carbocycles. The molecule has 2 rings (SSSR count). The quantitative estimate of drug-likeness (QED) is 0.582. The molecule has 1 fully saturated rings. The Hall–Kier alpha value is -2.37. The summed E-state index contributed by atoms with van der Waals surface area (Å²) in [6.45, 7) is 7.84. The van der Waals surface area contributed by atoms with E-state index in [4.69, 9.17) is 0 Å². The Labute approximate surface area is 130 Å². The van der Waals surface area contributed by atoms with E-state index in [0.29, 0.717) is 12.1 Å². The van der Waals surface area contributed by atoms with Gasteiger partial charge in [-0.25, -0.2) is 4.98 Å². The summed E-state index contributed by atoms with van der Waals surface area (Å²) in [7, 11) is 0. The monoisotopic (exact) mass is 302 g/mol. The normalized spacial score (nSPS) is 20.0. The van der Waals surface area contributed by atoms with Crippen molar-refractivity contribution in [2.24, 2.45) is 5.92 Å². The molecule has 2 amide bonds. The lowest BCUT2D eigenvalue weighted by atomic mass is 10.0. The fraction of sp³-hybridized carbons (Fsp3) is 0.438. The van der Waals surface area contributed by atoms with Crippen molar-refractivity contribution in [1.29, 1.82) is 0 Å². The van der Waals surface area contributed by atoms with Crippen LogP contribution < -0.4 is 10.6 Å². The van der Waals surface area contributed by atoms with E-state index in [1.54, 1.807) is 12.3 Å². The molecular formula is C16H22N4O2. The first-order valence-electron chi connectivity index (χ1n) is 7.37. The van der Waals surface area contributed by atoms with E-state index >= 15 is 0 Å². The summed E-state index contributed by atoms with van der Waals surface area (Å²) in [4.78, 5) is 31.4. The lowest BCUT2D eigenvalue weighted by Gasteiger charge is -2.27. The highest BCUT2D eigenvalue weighted by Crippen LogP contribution is 2.11. The Morgan fingerprint density at radius 3 is 2.73 bits per heavy atom. The maximum Gasteiger partial charge on any atom is 0.268 e. The van der Waals surface area contributed by atoms with Gasteiger partial charge >= 0.3 is 0 Å². The van der Waals surface area contributed by atoms with Crippen LogP contribution in [0, 0.1) is 5.92 Å². The average Bonchev–Trinajstić information content (AvgIpc) is 2.87. The number of nitrogens with zero attached hydrogens (tertiary/aromatic N) is 1. The fourth-order valence-electron chi connectivity index (χ4n) is 2.13. The van der Waals surface area contributed by atoms with Gasteiger partial charge in [-0.2, -0.15) is 0 Å². The van der Waals surface area contributed by atoms with Crippen LogP contribution in [0.25, 0.3) is 6.08 Å². The van der Waals surface area contributed by atoms with Gasteiger partial charge in [0.25, 0.3) is 5.91 Å². The van der Waals surface area contributed by atoms with Crippen molar-refractivity contribution in [2.75, 3.05) is 0 Å². The van der Waals surface area contributed by atoms with Crippen LogP contribution in [0.3, 0.4) is 0 Å². The number of allylic oxidation sites excluding steroid dienone is 2. The molecule has 6 heteroatoms. The number of aromatic nitrogens is 2. The molecule has 0 bridgehead atoms. The van der Waals surface area contributed by atoms with Crippen LogP contribution in [0.5, 0.6) is 0 Å². The number of rotatable bonds is 4. The van der Waals surface area contributed by atoms with Gasteiger partial charge in [-0.3, -0.25) is 9.59 Å². The number of imidazole rings is 1. The molecule has 1 aromatic rings. The predicted octanol–water partition coefficient (Wildman–Crippen LogP) is 1.53. The molecule has 1 saturated heterocycles. The van der Waals surface area contributed by atoms with E-state index in [2.05, 4.69) is 26.7 Å². The number of piperazine rings is 1. The highest BCUT2D eigenvalue weighted by atomic mass is 16.2. The largest absolute Gasteiger partial charge is 0.342 e. The van der Waals surface area contributed by atoms with Gasteiger partial charge in [0.2, 0.25) is 5.91 Å². The summed E-state index contributed by atoms with van der Waals surface area (Å²) in [5, 5.41) is 5.38. The van der Waals surface area contributed by atoms with Crippen LogP contribution in [-0.2, 0) is 16.0 Å². The Morgan fingerprint density at radius 1 is 1.36 bits per heavy atom. The molecule has 0 spiro atoms. The standard InChI is InChI=1S/C16H22N4O2/c1-9(2)5-6-13-17-8-11(18-13)7-12-15(21)20-14(10(3)4)16(22)19-12/h5,7-8,10,14H,6H2,1-4H3,(H,17,18)(H,19,22)(H,20,21)/t14-/m0/s1. The first-order chi connectivity index (χ1) is 10.4. The van der Waals surface area contributed by atoms with Gasteiger partial charge in [0.15, 0.2) is 0 Å². The molecular weight excluding hydrogens is 280 g/mol. The molecule has 0 radical (unpaired) electrons. The number of H-pyrrole nitrogens is 1. The Kier molecular flexibility index (Phi) is 4.80. The maximum atomic E-state index is 12.0. The Balaban J connectivity index is 2.11. The van der Waals surface area contributed by atoms with Gasteiger partial charge in [-0.05, 0) is 25.8 Å². The molecule has 1 atom stereocenters.